The van der Waals surface area contributed by atoms with E-state index >= 15 is 0 Å². The van der Waals surface area contributed by atoms with Crippen LogP contribution in [0.3, 0.4) is 0 Å². The summed E-state index contributed by atoms with van der Waals surface area (Å²) in [5.41, 5.74) is 0. The Labute approximate surface area is 109 Å². The molecule has 0 radical (unpaired) electrons. The molecule has 0 bridgehead atoms. The van der Waals surface area contributed by atoms with Crippen molar-refractivity contribution in [3.05, 3.63) is 0 Å². The molecule has 0 aliphatic carbocycles. The molecule has 0 saturated carbocycles. The lowest BCUT2D eigenvalue weighted by Gasteiger charge is -2.14. The summed E-state index contributed by atoms with van der Waals surface area (Å²) in [6.45, 7) is 6.45. The lowest BCUT2D eigenvalue weighted by atomic mass is 10.0. The predicted molar refractivity (Wildman–Crippen MR) is 71.1 cm³/mol. The maximum absolute atomic E-state index is 11.7. The van der Waals surface area contributed by atoms with E-state index in [0.29, 0.717) is 18.9 Å². The molecule has 1 fully saturated rings. The van der Waals surface area contributed by atoms with Crippen molar-refractivity contribution in [2.24, 2.45) is 5.92 Å². The van der Waals surface area contributed by atoms with Crippen LogP contribution in [0.15, 0.2) is 0 Å². The maximum atomic E-state index is 11.7. The Morgan fingerprint density at radius 2 is 2.22 bits per heavy atom. The van der Waals surface area contributed by atoms with Crippen LogP contribution < -0.4 is 16.0 Å². The molecule has 1 aliphatic heterocycles. The summed E-state index contributed by atoms with van der Waals surface area (Å²) < 4.78 is 0. The van der Waals surface area contributed by atoms with E-state index < -0.39 is 6.04 Å². The minimum atomic E-state index is -0.439. The molecule has 1 heterocycles. The monoisotopic (exact) mass is 255 g/mol. The summed E-state index contributed by atoms with van der Waals surface area (Å²) in [6, 6.07) is -0.439. The second-order valence-corrected chi connectivity index (χ2v) is 4.98. The number of nitrogens with one attached hydrogen (secondary N) is 3. The van der Waals surface area contributed by atoms with Gasteiger partial charge in [0, 0.05) is 13.0 Å². The zero-order valence-electron chi connectivity index (χ0n) is 11.4. The average molecular weight is 255 g/mol. The van der Waals surface area contributed by atoms with Gasteiger partial charge >= 0.3 is 0 Å². The van der Waals surface area contributed by atoms with Crippen molar-refractivity contribution >= 4 is 11.8 Å². The molecule has 1 aliphatic rings. The van der Waals surface area contributed by atoms with Crippen LogP contribution in [-0.2, 0) is 9.59 Å². The number of amides is 2. The van der Waals surface area contributed by atoms with Crippen molar-refractivity contribution in [3.63, 3.8) is 0 Å². The Morgan fingerprint density at radius 1 is 1.44 bits per heavy atom. The standard InChI is InChI=1S/C13H25N3O2/c1-3-7-15-13(18)10(2)16-12(17)5-4-11-6-8-14-9-11/h10-11,14H,3-9H2,1-2H3,(H,15,18)(H,16,17). The summed E-state index contributed by atoms with van der Waals surface area (Å²) in [7, 11) is 0. The molecule has 104 valence electrons. The van der Waals surface area contributed by atoms with Gasteiger partial charge in [-0.1, -0.05) is 6.92 Å². The van der Waals surface area contributed by atoms with E-state index in [-0.39, 0.29) is 11.8 Å². The van der Waals surface area contributed by atoms with Gasteiger partial charge in [-0.2, -0.15) is 0 Å². The molecule has 5 nitrogen and oxygen atoms in total. The van der Waals surface area contributed by atoms with Gasteiger partial charge in [0.15, 0.2) is 0 Å². The summed E-state index contributed by atoms with van der Waals surface area (Å²) >= 11 is 0. The van der Waals surface area contributed by atoms with E-state index in [2.05, 4.69) is 16.0 Å². The normalized spacial score (nSPS) is 20.4. The highest BCUT2D eigenvalue weighted by Gasteiger charge is 2.18. The van der Waals surface area contributed by atoms with E-state index in [1.807, 2.05) is 6.92 Å². The van der Waals surface area contributed by atoms with Crippen LogP contribution in [0, 0.1) is 5.92 Å². The quantitative estimate of drug-likeness (QED) is 0.617. The number of hydrogen-bond acceptors (Lipinski definition) is 3. The van der Waals surface area contributed by atoms with Crippen molar-refractivity contribution < 1.29 is 9.59 Å². The van der Waals surface area contributed by atoms with Crippen LogP contribution in [0.1, 0.15) is 39.5 Å². The first kappa shape index (κ1) is 15.0. The second kappa shape index (κ2) is 8.08. The number of carbonyl (C=O) groups is 2. The fraction of sp³-hybridized carbons (Fsp3) is 0.846. The van der Waals surface area contributed by atoms with Gasteiger partial charge in [0.05, 0.1) is 0 Å². The average Bonchev–Trinajstić information content (AvgIpc) is 2.86. The van der Waals surface area contributed by atoms with Crippen LogP contribution >= 0.6 is 0 Å². The topological polar surface area (TPSA) is 70.2 Å². The highest BCUT2D eigenvalue weighted by Crippen LogP contribution is 2.13. The summed E-state index contributed by atoms with van der Waals surface area (Å²) in [5, 5.41) is 8.79. The third-order valence-electron chi connectivity index (χ3n) is 3.26. The molecule has 1 rings (SSSR count). The number of carbonyl (C=O) groups excluding carboxylic acids is 2. The Balaban J connectivity index is 2.15. The molecule has 2 amide bonds. The maximum Gasteiger partial charge on any atom is 0.242 e. The second-order valence-electron chi connectivity index (χ2n) is 4.98. The van der Waals surface area contributed by atoms with Crippen molar-refractivity contribution in [3.8, 4) is 0 Å². The Morgan fingerprint density at radius 3 is 2.83 bits per heavy atom. The van der Waals surface area contributed by atoms with E-state index in [0.717, 1.165) is 32.4 Å². The van der Waals surface area contributed by atoms with Gasteiger partial charge < -0.3 is 16.0 Å². The van der Waals surface area contributed by atoms with Crippen molar-refractivity contribution in [2.45, 2.75) is 45.6 Å². The zero-order valence-corrected chi connectivity index (χ0v) is 11.4. The molecule has 18 heavy (non-hydrogen) atoms. The predicted octanol–water partition coefficient (Wildman–Crippen LogP) is 0.407. The zero-order chi connectivity index (χ0) is 13.4. The van der Waals surface area contributed by atoms with Crippen LogP contribution in [0.5, 0.6) is 0 Å². The smallest absolute Gasteiger partial charge is 0.242 e. The SMILES string of the molecule is CCCNC(=O)C(C)NC(=O)CCC1CCNC1. The van der Waals surface area contributed by atoms with E-state index in [1.54, 1.807) is 6.92 Å². The van der Waals surface area contributed by atoms with Crippen LogP contribution in [-0.4, -0.2) is 37.5 Å². The molecule has 0 spiro atoms. The molecule has 1 saturated heterocycles. The third-order valence-corrected chi connectivity index (χ3v) is 3.26. The summed E-state index contributed by atoms with van der Waals surface area (Å²) in [6.07, 6.45) is 3.47. The van der Waals surface area contributed by atoms with Gasteiger partial charge in [-0.25, -0.2) is 0 Å². The molecule has 2 atom stereocenters. The van der Waals surface area contributed by atoms with E-state index in [1.165, 1.54) is 0 Å². The molecular formula is C13H25N3O2. The van der Waals surface area contributed by atoms with Crippen LogP contribution in [0.2, 0.25) is 0 Å². The lowest BCUT2D eigenvalue weighted by Crippen LogP contribution is -2.45. The fourth-order valence-electron chi connectivity index (χ4n) is 2.08. The molecule has 0 aromatic rings. The van der Waals surface area contributed by atoms with Gasteiger partial charge in [-0.3, -0.25) is 9.59 Å². The minimum Gasteiger partial charge on any atom is -0.354 e. The Hall–Kier alpha value is -1.10. The molecule has 5 heteroatoms. The Bertz CT molecular complexity index is 275. The Kier molecular flexibility index (Phi) is 6.72. The highest BCUT2D eigenvalue weighted by molar-refractivity contribution is 5.87. The molecule has 0 aromatic heterocycles. The van der Waals surface area contributed by atoms with Gasteiger partial charge in [-0.15, -0.1) is 0 Å². The molecular weight excluding hydrogens is 230 g/mol. The molecule has 3 N–H and O–H groups in total. The van der Waals surface area contributed by atoms with Gasteiger partial charge in [-0.05, 0) is 45.2 Å². The van der Waals surface area contributed by atoms with Crippen LogP contribution in [0.25, 0.3) is 0 Å². The number of rotatable bonds is 7. The lowest BCUT2D eigenvalue weighted by molar-refractivity contribution is -0.128. The van der Waals surface area contributed by atoms with E-state index in [9.17, 15) is 9.59 Å². The fourth-order valence-corrected chi connectivity index (χ4v) is 2.08. The van der Waals surface area contributed by atoms with E-state index in [4.69, 9.17) is 0 Å². The summed E-state index contributed by atoms with van der Waals surface area (Å²) in [4.78, 5) is 23.2. The minimum absolute atomic E-state index is 0.0268. The van der Waals surface area contributed by atoms with Crippen molar-refractivity contribution in [2.75, 3.05) is 19.6 Å². The van der Waals surface area contributed by atoms with Gasteiger partial charge in [0.1, 0.15) is 6.04 Å². The van der Waals surface area contributed by atoms with Gasteiger partial charge in [0.2, 0.25) is 11.8 Å². The van der Waals surface area contributed by atoms with Gasteiger partial charge in [0.25, 0.3) is 0 Å². The first-order chi connectivity index (χ1) is 8.63. The van der Waals surface area contributed by atoms with Crippen molar-refractivity contribution in [1.82, 2.24) is 16.0 Å². The summed E-state index contributed by atoms with van der Waals surface area (Å²) in [5.74, 6) is 0.480. The molecule has 2 unspecified atom stereocenters. The van der Waals surface area contributed by atoms with Crippen LogP contribution in [0.4, 0.5) is 0 Å². The first-order valence-corrected chi connectivity index (χ1v) is 6.91. The van der Waals surface area contributed by atoms with Crippen molar-refractivity contribution in [1.29, 1.82) is 0 Å². The molecule has 0 aromatic carbocycles. The first-order valence-electron chi connectivity index (χ1n) is 6.91. The third kappa shape index (κ3) is 5.49. The number of hydrogen-bond donors (Lipinski definition) is 3. The highest BCUT2D eigenvalue weighted by atomic mass is 16.2. The largest absolute Gasteiger partial charge is 0.354 e.